The SMILES string of the molecule is C=CCC[C@H](O)CN(CC(=O)N1CCc2sccc2[C@H]1COc1ccc(F)cc1)CC1CC1. The molecule has 1 aromatic heterocycles. The number of hydrogen-bond acceptors (Lipinski definition) is 5. The lowest BCUT2D eigenvalue weighted by molar-refractivity contribution is -0.136. The molecule has 0 saturated heterocycles. The molecule has 178 valence electrons. The zero-order valence-corrected chi connectivity index (χ0v) is 19.8. The van der Waals surface area contributed by atoms with E-state index in [-0.39, 0.29) is 17.8 Å². The van der Waals surface area contributed by atoms with Crippen molar-refractivity contribution in [1.82, 2.24) is 9.80 Å². The lowest BCUT2D eigenvalue weighted by atomic mass is 10.0. The maximum Gasteiger partial charge on any atom is 0.237 e. The first-order chi connectivity index (χ1) is 16.0. The van der Waals surface area contributed by atoms with Crippen molar-refractivity contribution in [1.29, 1.82) is 0 Å². The van der Waals surface area contributed by atoms with Crippen LogP contribution in [0, 0.1) is 11.7 Å². The van der Waals surface area contributed by atoms with Crippen LogP contribution in [0.15, 0.2) is 48.4 Å². The first-order valence-electron chi connectivity index (χ1n) is 11.8. The van der Waals surface area contributed by atoms with Gasteiger partial charge in [0, 0.05) is 24.5 Å². The van der Waals surface area contributed by atoms with Crippen molar-refractivity contribution in [3.8, 4) is 5.75 Å². The van der Waals surface area contributed by atoms with Crippen LogP contribution < -0.4 is 4.74 Å². The molecule has 2 aromatic rings. The molecule has 33 heavy (non-hydrogen) atoms. The third kappa shape index (κ3) is 6.65. The fraction of sp³-hybridized carbons (Fsp3) is 0.500. The summed E-state index contributed by atoms with van der Waals surface area (Å²) in [5.41, 5.74) is 1.14. The topological polar surface area (TPSA) is 53.0 Å². The second-order valence-electron chi connectivity index (χ2n) is 9.07. The van der Waals surface area contributed by atoms with E-state index in [9.17, 15) is 14.3 Å². The van der Waals surface area contributed by atoms with E-state index in [0.717, 1.165) is 24.9 Å². The van der Waals surface area contributed by atoms with Gasteiger partial charge in [0.1, 0.15) is 18.2 Å². The minimum Gasteiger partial charge on any atom is -0.491 e. The molecule has 0 spiro atoms. The minimum absolute atomic E-state index is 0.0659. The van der Waals surface area contributed by atoms with Gasteiger partial charge in [0.05, 0.1) is 18.7 Å². The maximum absolute atomic E-state index is 13.5. The van der Waals surface area contributed by atoms with Crippen LogP contribution in [-0.2, 0) is 11.2 Å². The number of nitrogens with zero attached hydrogens (tertiary/aromatic N) is 2. The Morgan fingerprint density at radius 1 is 1.33 bits per heavy atom. The highest BCUT2D eigenvalue weighted by Gasteiger charge is 2.34. The summed E-state index contributed by atoms with van der Waals surface area (Å²) in [5.74, 6) is 0.984. The Morgan fingerprint density at radius 3 is 2.85 bits per heavy atom. The average Bonchev–Trinajstić information content (AvgIpc) is 3.48. The van der Waals surface area contributed by atoms with Gasteiger partial charge in [-0.05, 0) is 79.3 Å². The second-order valence-corrected chi connectivity index (χ2v) is 10.1. The summed E-state index contributed by atoms with van der Waals surface area (Å²) in [5, 5.41) is 12.5. The van der Waals surface area contributed by atoms with Crippen molar-refractivity contribution in [3.63, 3.8) is 0 Å². The van der Waals surface area contributed by atoms with Gasteiger partial charge in [-0.25, -0.2) is 4.39 Å². The molecule has 5 nitrogen and oxygen atoms in total. The zero-order valence-electron chi connectivity index (χ0n) is 19.0. The molecule has 4 rings (SSSR count). The van der Waals surface area contributed by atoms with Crippen LogP contribution in [0.1, 0.15) is 42.2 Å². The Morgan fingerprint density at radius 2 is 2.12 bits per heavy atom. The van der Waals surface area contributed by atoms with Gasteiger partial charge in [0.2, 0.25) is 5.91 Å². The van der Waals surface area contributed by atoms with Crippen LogP contribution in [0.4, 0.5) is 4.39 Å². The van der Waals surface area contributed by atoms with Gasteiger partial charge in [-0.3, -0.25) is 9.69 Å². The summed E-state index contributed by atoms with van der Waals surface area (Å²) in [4.78, 5) is 18.8. The van der Waals surface area contributed by atoms with E-state index < -0.39 is 6.10 Å². The summed E-state index contributed by atoms with van der Waals surface area (Å²) < 4.78 is 19.2. The number of fused-ring (bicyclic) bond motifs is 1. The monoisotopic (exact) mass is 472 g/mol. The van der Waals surface area contributed by atoms with Crippen LogP contribution in [0.2, 0.25) is 0 Å². The predicted octanol–water partition coefficient (Wildman–Crippen LogP) is 4.43. The molecule has 1 aliphatic carbocycles. The van der Waals surface area contributed by atoms with Crippen LogP contribution in [0.5, 0.6) is 5.75 Å². The number of rotatable bonds is 12. The lowest BCUT2D eigenvalue weighted by Crippen LogP contribution is -2.48. The second kappa shape index (κ2) is 11.3. The van der Waals surface area contributed by atoms with E-state index >= 15 is 0 Å². The Kier molecular flexibility index (Phi) is 8.17. The molecular weight excluding hydrogens is 439 g/mol. The molecule has 1 saturated carbocycles. The quantitative estimate of drug-likeness (QED) is 0.465. The molecule has 0 bridgehead atoms. The fourth-order valence-electron chi connectivity index (χ4n) is 4.43. The predicted molar refractivity (Wildman–Crippen MR) is 129 cm³/mol. The Bertz CT molecular complexity index is 928. The summed E-state index contributed by atoms with van der Waals surface area (Å²) in [7, 11) is 0. The zero-order chi connectivity index (χ0) is 23.2. The number of aliphatic hydroxyl groups excluding tert-OH is 1. The lowest BCUT2D eigenvalue weighted by Gasteiger charge is -2.37. The third-order valence-corrected chi connectivity index (χ3v) is 7.38. The number of halogens is 1. The van der Waals surface area contributed by atoms with Crippen molar-refractivity contribution >= 4 is 17.2 Å². The first-order valence-corrected chi connectivity index (χ1v) is 12.7. The highest BCUT2D eigenvalue weighted by molar-refractivity contribution is 7.10. The number of aliphatic hydroxyl groups is 1. The number of hydrogen-bond donors (Lipinski definition) is 1. The van der Waals surface area contributed by atoms with Crippen LogP contribution in [-0.4, -0.2) is 59.7 Å². The van der Waals surface area contributed by atoms with E-state index in [2.05, 4.69) is 22.9 Å². The highest BCUT2D eigenvalue weighted by atomic mass is 32.1. The number of amides is 1. The molecule has 0 unspecified atom stereocenters. The summed E-state index contributed by atoms with van der Waals surface area (Å²) in [6.45, 7) is 6.36. The number of allylic oxidation sites excluding steroid dienone is 1. The molecule has 2 heterocycles. The molecule has 1 aromatic carbocycles. The van der Waals surface area contributed by atoms with Crippen LogP contribution in [0.3, 0.4) is 0 Å². The number of carbonyl (C=O) groups is 1. The van der Waals surface area contributed by atoms with Gasteiger partial charge in [-0.15, -0.1) is 17.9 Å². The van der Waals surface area contributed by atoms with Gasteiger partial charge in [0.25, 0.3) is 0 Å². The van der Waals surface area contributed by atoms with Crippen molar-refractivity contribution in [2.24, 2.45) is 5.92 Å². The van der Waals surface area contributed by atoms with Crippen molar-refractivity contribution in [2.45, 2.75) is 44.2 Å². The standard InChI is InChI=1S/C26H33FN2O3S/c1-2-3-4-21(30)16-28(15-19-5-6-19)17-26(31)29-13-11-25-23(12-14-33-25)24(29)18-32-22-9-7-20(27)8-10-22/h2,7-10,12,14,19,21,24,30H,1,3-6,11,13,15-18H2/t21-,24+/m0/s1. The minimum atomic E-state index is -0.461. The average molecular weight is 473 g/mol. The summed E-state index contributed by atoms with van der Waals surface area (Å²) in [6.07, 6.45) is 6.02. The molecule has 1 N–H and O–H groups in total. The highest BCUT2D eigenvalue weighted by Crippen LogP contribution is 2.34. The third-order valence-electron chi connectivity index (χ3n) is 6.38. The van der Waals surface area contributed by atoms with E-state index in [4.69, 9.17) is 4.74 Å². The number of carbonyl (C=O) groups excluding carboxylic acids is 1. The van der Waals surface area contributed by atoms with Crippen LogP contribution >= 0.6 is 11.3 Å². The molecule has 0 radical (unpaired) electrons. The smallest absolute Gasteiger partial charge is 0.237 e. The Hall–Kier alpha value is -2.22. The first kappa shape index (κ1) is 23.9. The number of benzene rings is 1. The fourth-order valence-corrected chi connectivity index (χ4v) is 5.36. The van der Waals surface area contributed by atoms with E-state index in [1.807, 2.05) is 11.0 Å². The molecule has 1 fully saturated rings. The normalized spacial score (nSPS) is 18.8. The van der Waals surface area contributed by atoms with Gasteiger partial charge in [0.15, 0.2) is 0 Å². The Balaban J connectivity index is 1.43. The summed E-state index contributed by atoms with van der Waals surface area (Å²) in [6, 6.07) is 7.89. The molecule has 2 aliphatic rings. The largest absolute Gasteiger partial charge is 0.491 e. The van der Waals surface area contributed by atoms with Gasteiger partial charge < -0.3 is 14.7 Å². The molecule has 2 atom stereocenters. The number of thiophene rings is 1. The van der Waals surface area contributed by atoms with E-state index in [0.29, 0.717) is 44.3 Å². The van der Waals surface area contributed by atoms with E-state index in [1.54, 1.807) is 23.5 Å². The summed E-state index contributed by atoms with van der Waals surface area (Å²) >= 11 is 1.72. The van der Waals surface area contributed by atoms with Gasteiger partial charge >= 0.3 is 0 Å². The number of ether oxygens (including phenoxy) is 1. The molecule has 1 amide bonds. The molecular formula is C26H33FN2O3S. The van der Waals surface area contributed by atoms with E-state index in [1.165, 1.54) is 29.9 Å². The van der Waals surface area contributed by atoms with Crippen LogP contribution in [0.25, 0.3) is 0 Å². The van der Waals surface area contributed by atoms with Crippen molar-refractivity contribution in [2.75, 3.05) is 32.8 Å². The Labute approximate surface area is 199 Å². The van der Waals surface area contributed by atoms with Crippen molar-refractivity contribution in [3.05, 3.63) is 64.6 Å². The maximum atomic E-state index is 13.5. The van der Waals surface area contributed by atoms with Gasteiger partial charge in [-0.1, -0.05) is 6.08 Å². The van der Waals surface area contributed by atoms with Gasteiger partial charge in [-0.2, -0.15) is 0 Å². The molecule has 1 aliphatic heterocycles. The molecule has 7 heteroatoms. The van der Waals surface area contributed by atoms with Crippen molar-refractivity contribution < 1.29 is 19.0 Å².